The molecule has 0 fully saturated rings. The number of para-hydroxylation sites is 1. The third kappa shape index (κ3) is 4.21. The van der Waals surface area contributed by atoms with Crippen molar-refractivity contribution in [2.24, 2.45) is 0 Å². The van der Waals surface area contributed by atoms with Crippen molar-refractivity contribution in [1.82, 2.24) is 9.78 Å². The minimum absolute atomic E-state index is 0.224. The van der Waals surface area contributed by atoms with Gasteiger partial charge in [-0.2, -0.15) is 5.10 Å². The molecule has 8 heteroatoms. The topological polar surface area (TPSA) is 69.3 Å². The highest BCUT2D eigenvalue weighted by Crippen LogP contribution is 2.28. The van der Waals surface area contributed by atoms with Crippen LogP contribution >= 0.6 is 23.2 Å². The Bertz CT molecular complexity index is 1200. The molecule has 0 spiro atoms. The lowest BCUT2D eigenvalue weighted by Gasteiger charge is -2.10. The Balaban J connectivity index is 1.60. The van der Waals surface area contributed by atoms with Gasteiger partial charge in [0.25, 0.3) is 5.91 Å². The number of amides is 1. The Morgan fingerprint density at radius 1 is 1.20 bits per heavy atom. The monoisotopic (exact) mass is 443 g/mol. The number of nitrogens with one attached hydrogen (secondary N) is 1. The largest absolute Gasteiger partial charge is 0.451 e. The first-order chi connectivity index (χ1) is 14.6. The highest BCUT2D eigenvalue weighted by Gasteiger charge is 2.21. The summed E-state index contributed by atoms with van der Waals surface area (Å²) in [4.78, 5) is 13.0. The molecule has 4 aromatic rings. The third-order valence-corrected chi connectivity index (χ3v) is 5.24. The van der Waals surface area contributed by atoms with Crippen molar-refractivity contribution >= 4 is 45.9 Å². The van der Waals surface area contributed by atoms with Gasteiger partial charge in [0.05, 0.1) is 19.3 Å². The van der Waals surface area contributed by atoms with Crippen LogP contribution < -0.4 is 5.32 Å². The molecule has 0 saturated heterocycles. The Labute approximate surface area is 183 Å². The van der Waals surface area contributed by atoms with E-state index in [0.717, 1.165) is 16.5 Å². The van der Waals surface area contributed by atoms with Crippen LogP contribution in [0.15, 0.2) is 59.1 Å². The van der Waals surface area contributed by atoms with Crippen LogP contribution in [0.3, 0.4) is 0 Å². The average molecular weight is 444 g/mol. The van der Waals surface area contributed by atoms with E-state index in [-0.39, 0.29) is 18.3 Å². The molecule has 0 bridgehead atoms. The predicted octanol–water partition coefficient (Wildman–Crippen LogP) is 5.77. The zero-order valence-corrected chi connectivity index (χ0v) is 17.7. The second kappa shape index (κ2) is 8.92. The third-order valence-electron chi connectivity index (χ3n) is 4.65. The van der Waals surface area contributed by atoms with Gasteiger partial charge in [0.2, 0.25) is 0 Å². The summed E-state index contributed by atoms with van der Waals surface area (Å²) in [6.07, 6.45) is 1.61. The van der Waals surface area contributed by atoms with Crippen LogP contribution in [0, 0.1) is 0 Å². The number of rotatable bonds is 7. The maximum atomic E-state index is 13.0. The quantitative estimate of drug-likeness (QED) is 0.393. The van der Waals surface area contributed by atoms with Gasteiger partial charge in [-0.3, -0.25) is 4.79 Å². The maximum absolute atomic E-state index is 13.0. The number of nitrogens with zero attached hydrogens (tertiary/aromatic N) is 2. The van der Waals surface area contributed by atoms with Gasteiger partial charge in [0.1, 0.15) is 11.4 Å². The highest BCUT2D eigenvalue weighted by atomic mass is 35.5. The standard InChI is InChI=1S/C22H19Cl2N3O3/c1-2-29-13-17-16-5-3-4-6-19(16)30-21(17)22(28)26-20-9-10-25-27(20)12-14-7-8-15(23)11-18(14)24/h3-11H,2,12-13H2,1H3,(H,26,28). The number of ether oxygens (including phenoxy) is 1. The van der Waals surface area contributed by atoms with Crippen LogP contribution in [-0.4, -0.2) is 22.3 Å². The Hall–Kier alpha value is -2.80. The molecule has 30 heavy (non-hydrogen) atoms. The lowest BCUT2D eigenvalue weighted by atomic mass is 10.1. The Kier molecular flexibility index (Phi) is 6.08. The number of hydrogen-bond acceptors (Lipinski definition) is 4. The van der Waals surface area contributed by atoms with Crippen molar-refractivity contribution < 1.29 is 13.9 Å². The fourth-order valence-electron chi connectivity index (χ4n) is 3.18. The molecule has 2 aromatic heterocycles. The summed E-state index contributed by atoms with van der Waals surface area (Å²) in [6.45, 7) is 3.11. The smallest absolute Gasteiger partial charge is 0.292 e. The molecule has 2 heterocycles. The number of furan rings is 1. The van der Waals surface area contributed by atoms with Crippen LogP contribution in [0.4, 0.5) is 5.82 Å². The Morgan fingerprint density at radius 2 is 2.03 bits per heavy atom. The van der Waals surface area contributed by atoms with Gasteiger partial charge >= 0.3 is 0 Å². The number of fused-ring (bicyclic) bond motifs is 1. The SMILES string of the molecule is CCOCc1c(C(=O)Nc2ccnn2Cc2ccc(Cl)cc2Cl)oc2ccccc12. The lowest BCUT2D eigenvalue weighted by Crippen LogP contribution is -2.17. The number of anilines is 1. The van der Waals surface area contributed by atoms with Gasteiger partial charge < -0.3 is 14.5 Å². The molecule has 0 aliphatic carbocycles. The second-order valence-corrected chi connectivity index (χ2v) is 7.45. The fourth-order valence-corrected chi connectivity index (χ4v) is 3.65. The van der Waals surface area contributed by atoms with Gasteiger partial charge in [-0.05, 0) is 30.7 Å². The van der Waals surface area contributed by atoms with E-state index in [1.165, 1.54) is 0 Å². The zero-order chi connectivity index (χ0) is 21.1. The summed E-state index contributed by atoms with van der Waals surface area (Å²) in [5.74, 6) is 0.376. The minimum Gasteiger partial charge on any atom is -0.451 e. The van der Waals surface area contributed by atoms with E-state index in [9.17, 15) is 4.79 Å². The summed E-state index contributed by atoms with van der Waals surface area (Å²) in [5.41, 5.74) is 2.19. The minimum atomic E-state index is -0.371. The molecule has 1 N–H and O–H groups in total. The predicted molar refractivity (Wildman–Crippen MR) is 117 cm³/mol. The lowest BCUT2D eigenvalue weighted by molar-refractivity contribution is 0.0983. The second-order valence-electron chi connectivity index (χ2n) is 6.61. The molecule has 0 aliphatic heterocycles. The molecule has 0 saturated carbocycles. The van der Waals surface area contributed by atoms with Gasteiger partial charge in [-0.1, -0.05) is 47.5 Å². The summed E-state index contributed by atoms with van der Waals surface area (Å²) in [7, 11) is 0. The molecule has 6 nitrogen and oxygen atoms in total. The van der Waals surface area contributed by atoms with Gasteiger partial charge in [0.15, 0.2) is 5.76 Å². The number of carbonyl (C=O) groups is 1. The molecule has 0 aliphatic rings. The highest BCUT2D eigenvalue weighted by molar-refractivity contribution is 6.35. The van der Waals surface area contributed by atoms with E-state index in [1.54, 1.807) is 29.1 Å². The van der Waals surface area contributed by atoms with E-state index >= 15 is 0 Å². The van der Waals surface area contributed by atoms with E-state index in [2.05, 4.69) is 10.4 Å². The van der Waals surface area contributed by atoms with Crippen LogP contribution in [0.25, 0.3) is 11.0 Å². The molecule has 2 aromatic carbocycles. The first-order valence-electron chi connectivity index (χ1n) is 9.42. The van der Waals surface area contributed by atoms with Crippen molar-refractivity contribution in [3.8, 4) is 0 Å². The van der Waals surface area contributed by atoms with E-state index < -0.39 is 0 Å². The first-order valence-corrected chi connectivity index (χ1v) is 10.2. The van der Waals surface area contributed by atoms with Crippen molar-refractivity contribution in [1.29, 1.82) is 0 Å². The Morgan fingerprint density at radius 3 is 2.83 bits per heavy atom. The van der Waals surface area contributed by atoms with E-state index in [0.29, 0.717) is 34.6 Å². The molecular formula is C22H19Cl2N3O3. The molecule has 0 atom stereocenters. The summed E-state index contributed by atoms with van der Waals surface area (Å²) in [5, 5.41) is 9.12. The molecule has 154 valence electrons. The molecule has 1 amide bonds. The van der Waals surface area contributed by atoms with Crippen LogP contribution in [0.2, 0.25) is 10.0 Å². The normalized spacial score (nSPS) is 11.2. The number of halogens is 2. The summed E-state index contributed by atoms with van der Waals surface area (Å²) >= 11 is 12.2. The zero-order valence-electron chi connectivity index (χ0n) is 16.2. The number of hydrogen-bond donors (Lipinski definition) is 1. The van der Waals surface area contributed by atoms with Gasteiger partial charge in [0, 0.05) is 33.7 Å². The van der Waals surface area contributed by atoms with E-state index in [1.807, 2.05) is 37.3 Å². The van der Waals surface area contributed by atoms with Crippen LogP contribution in [0.1, 0.15) is 28.6 Å². The molecular weight excluding hydrogens is 425 g/mol. The summed E-state index contributed by atoms with van der Waals surface area (Å²) in [6, 6.07) is 14.5. The summed E-state index contributed by atoms with van der Waals surface area (Å²) < 4.78 is 13.0. The maximum Gasteiger partial charge on any atom is 0.292 e. The number of benzene rings is 2. The van der Waals surface area contributed by atoms with Gasteiger partial charge in [-0.25, -0.2) is 4.68 Å². The van der Waals surface area contributed by atoms with Crippen LogP contribution in [0.5, 0.6) is 0 Å². The van der Waals surface area contributed by atoms with Crippen molar-refractivity contribution in [3.05, 3.63) is 81.7 Å². The van der Waals surface area contributed by atoms with Crippen molar-refractivity contribution in [2.45, 2.75) is 20.1 Å². The van der Waals surface area contributed by atoms with Crippen molar-refractivity contribution in [2.75, 3.05) is 11.9 Å². The fraction of sp³-hybridized carbons (Fsp3) is 0.182. The number of aromatic nitrogens is 2. The van der Waals surface area contributed by atoms with Crippen LogP contribution in [-0.2, 0) is 17.9 Å². The van der Waals surface area contributed by atoms with E-state index in [4.69, 9.17) is 32.4 Å². The average Bonchev–Trinajstić information content (AvgIpc) is 3.32. The molecule has 4 rings (SSSR count). The first kappa shape index (κ1) is 20.5. The van der Waals surface area contributed by atoms with Gasteiger partial charge in [-0.15, -0.1) is 0 Å². The molecule has 0 radical (unpaired) electrons. The molecule has 0 unspecified atom stereocenters. The van der Waals surface area contributed by atoms with Crippen molar-refractivity contribution in [3.63, 3.8) is 0 Å². The number of carbonyl (C=O) groups excluding carboxylic acids is 1.